The van der Waals surface area contributed by atoms with E-state index in [1.165, 1.54) is 0 Å². The first kappa shape index (κ1) is 18.2. The van der Waals surface area contributed by atoms with Gasteiger partial charge in [0.15, 0.2) is 0 Å². The van der Waals surface area contributed by atoms with Crippen LogP contribution in [-0.4, -0.2) is 78.3 Å². The van der Waals surface area contributed by atoms with Crippen molar-refractivity contribution in [2.75, 3.05) is 46.3 Å². The number of piperazine rings is 1. The van der Waals surface area contributed by atoms with E-state index in [1.807, 2.05) is 30.3 Å². The lowest BCUT2D eigenvalue weighted by Crippen LogP contribution is -2.52. The van der Waals surface area contributed by atoms with Gasteiger partial charge in [-0.2, -0.15) is 5.26 Å². The molecule has 0 amide bonds. The van der Waals surface area contributed by atoms with Crippen LogP contribution in [0.4, 0.5) is 0 Å². The van der Waals surface area contributed by atoms with Crippen molar-refractivity contribution in [2.24, 2.45) is 0 Å². The largest absolute Gasteiger partial charge is 0.460 e. The number of hydrogen-bond acceptors (Lipinski definition) is 6. The Labute approximate surface area is 160 Å². The second kappa shape index (κ2) is 7.83. The lowest BCUT2D eigenvalue weighted by molar-refractivity contribution is 0.0512. The van der Waals surface area contributed by atoms with E-state index in [2.05, 4.69) is 27.8 Å². The molecule has 2 aromatic rings. The van der Waals surface area contributed by atoms with Gasteiger partial charge in [0.2, 0.25) is 0 Å². The van der Waals surface area contributed by atoms with Gasteiger partial charge < -0.3 is 14.4 Å². The van der Waals surface area contributed by atoms with Crippen molar-refractivity contribution in [3.63, 3.8) is 0 Å². The third kappa shape index (κ3) is 3.92. The Morgan fingerprint density at radius 2 is 1.89 bits per heavy atom. The fourth-order valence-electron chi connectivity index (χ4n) is 4.11. The van der Waals surface area contributed by atoms with Crippen LogP contribution in [0.25, 0.3) is 11.3 Å². The van der Waals surface area contributed by atoms with Crippen LogP contribution < -0.4 is 0 Å². The van der Waals surface area contributed by atoms with Crippen LogP contribution in [-0.2, 0) is 6.54 Å². The zero-order valence-electron chi connectivity index (χ0n) is 15.7. The number of rotatable bonds is 4. The standard InChI is InChI=1S/C21H26N4O2/c1-23-8-10-25(11-9-23)19-14-24(15-20(19)26)13-17-6-7-21(27-17)18-5-3-2-4-16(18)12-22/h2-7,19-20,26H,8-11,13-15H2,1H3/t19-,20-/m1/s1. The minimum Gasteiger partial charge on any atom is -0.460 e. The van der Waals surface area contributed by atoms with Crippen molar-refractivity contribution >= 4 is 0 Å². The molecule has 0 unspecified atom stereocenters. The monoisotopic (exact) mass is 366 g/mol. The van der Waals surface area contributed by atoms with E-state index in [4.69, 9.17) is 4.42 Å². The van der Waals surface area contributed by atoms with Gasteiger partial charge in [-0.15, -0.1) is 0 Å². The number of hydrogen-bond donors (Lipinski definition) is 1. The quantitative estimate of drug-likeness (QED) is 0.887. The Morgan fingerprint density at radius 3 is 2.67 bits per heavy atom. The minimum atomic E-state index is -0.317. The maximum atomic E-state index is 10.5. The number of likely N-dealkylation sites (N-methyl/N-ethyl adjacent to an activating group) is 1. The highest BCUT2D eigenvalue weighted by molar-refractivity contribution is 5.66. The SMILES string of the molecule is CN1CCN([C@@H]2CN(Cc3ccc(-c4ccccc4C#N)o3)C[C@H]2O)CC1. The van der Waals surface area contributed by atoms with Gasteiger partial charge in [0.05, 0.1) is 24.3 Å². The molecule has 0 aliphatic carbocycles. The first-order valence-electron chi connectivity index (χ1n) is 9.55. The van der Waals surface area contributed by atoms with E-state index < -0.39 is 0 Å². The van der Waals surface area contributed by atoms with E-state index in [9.17, 15) is 10.4 Å². The average Bonchev–Trinajstić information content (AvgIpc) is 3.29. The third-order valence-corrected chi connectivity index (χ3v) is 5.70. The summed E-state index contributed by atoms with van der Waals surface area (Å²) in [6.07, 6.45) is -0.317. The topological polar surface area (TPSA) is 66.9 Å². The van der Waals surface area contributed by atoms with Gasteiger partial charge in [-0.3, -0.25) is 9.80 Å². The number of aliphatic hydroxyl groups excluding tert-OH is 1. The molecule has 1 aromatic carbocycles. The Morgan fingerprint density at radius 1 is 1.11 bits per heavy atom. The fourth-order valence-corrected chi connectivity index (χ4v) is 4.11. The number of likely N-dealkylation sites (tertiary alicyclic amines) is 1. The molecular formula is C21H26N4O2. The van der Waals surface area contributed by atoms with Crippen LogP contribution in [0.15, 0.2) is 40.8 Å². The first-order valence-corrected chi connectivity index (χ1v) is 9.55. The number of aliphatic hydroxyl groups is 1. The molecule has 0 radical (unpaired) electrons. The molecule has 6 nitrogen and oxygen atoms in total. The van der Waals surface area contributed by atoms with Crippen LogP contribution in [0.2, 0.25) is 0 Å². The van der Waals surface area contributed by atoms with Crippen molar-refractivity contribution in [2.45, 2.75) is 18.7 Å². The van der Waals surface area contributed by atoms with Crippen molar-refractivity contribution < 1.29 is 9.52 Å². The Kier molecular flexibility index (Phi) is 5.28. The second-order valence-electron chi connectivity index (χ2n) is 7.59. The summed E-state index contributed by atoms with van der Waals surface area (Å²) >= 11 is 0. The van der Waals surface area contributed by atoms with E-state index in [-0.39, 0.29) is 12.1 Å². The van der Waals surface area contributed by atoms with E-state index in [0.29, 0.717) is 18.7 Å². The molecule has 3 heterocycles. The van der Waals surface area contributed by atoms with Crippen LogP contribution in [0.5, 0.6) is 0 Å². The molecule has 2 saturated heterocycles. The molecule has 27 heavy (non-hydrogen) atoms. The van der Waals surface area contributed by atoms with Crippen molar-refractivity contribution in [3.8, 4) is 17.4 Å². The molecule has 4 rings (SSSR count). The lowest BCUT2D eigenvalue weighted by atomic mass is 10.1. The number of benzene rings is 1. The van der Waals surface area contributed by atoms with Gasteiger partial charge in [-0.25, -0.2) is 0 Å². The molecule has 0 spiro atoms. The maximum absolute atomic E-state index is 10.5. The Bertz CT molecular complexity index is 820. The van der Waals surface area contributed by atoms with Crippen LogP contribution in [0.3, 0.4) is 0 Å². The minimum absolute atomic E-state index is 0.201. The fraction of sp³-hybridized carbons (Fsp3) is 0.476. The molecule has 0 bridgehead atoms. The van der Waals surface area contributed by atoms with Gasteiger partial charge in [-0.1, -0.05) is 12.1 Å². The van der Waals surface area contributed by atoms with E-state index in [1.54, 1.807) is 6.07 Å². The van der Waals surface area contributed by atoms with Crippen molar-refractivity contribution in [3.05, 3.63) is 47.7 Å². The Balaban J connectivity index is 1.40. The van der Waals surface area contributed by atoms with Gasteiger partial charge >= 0.3 is 0 Å². The zero-order valence-corrected chi connectivity index (χ0v) is 15.7. The molecule has 2 aliphatic rings. The second-order valence-corrected chi connectivity index (χ2v) is 7.59. The highest BCUT2D eigenvalue weighted by atomic mass is 16.3. The molecule has 2 atom stereocenters. The summed E-state index contributed by atoms with van der Waals surface area (Å²) in [5, 5.41) is 19.8. The van der Waals surface area contributed by atoms with Gasteiger partial charge in [0.1, 0.15) is 11.5 Å². The number of furan rings is 1. The van der Waals surface area contributed by atoms with Gasteiger partial charge in [-0.05, 0) is 31.3 Å². The molecule has 6 heteroatoms. The smallest absolute Gasteiger partial charge is 0.135 e. The number of nitrogens with zero attached hydrogens (tertiary/aromatic N) is 4. The summed E-state index contributed by atoms with van der Waals surface area (Å²) in [5.41, 5.74) is 1.44. The molecular weight excluding hydrogens is 340 g/mol. The van der Waals surface area contributed by atoms with Crippen LogP contribution in [0, 0.1) is 11.3 Å². The molecule has 1 N–H and O–H groups in total. The highest BCUT2D eigenvalue weighted by Gasteiger charge is 2.36. The van der Waals surface area contributed by atoms with Crippen LogP contribution in [0.1, 0.15) is 11.3 Å². The Hall–Kier alpha value is -2.17. The summed E-state index contributed by atoms with van der Waals surface area (Å²) < 4.78 is 6.01. The van der Waals surface area contributed by atoms with Crippen LogP contribution >= 0.6 is 0 Å². The summed E-state index contributed by atoms with van der Waals surface area (Å²) in [5.74, 6) is 1.58. The predicted molar refractivity (Wildman–Crippen MR) is 103 cm³/mol. The number of β-amino-alcohol motifs (C(OH)–C–C–N with tert-alkyl or cyclic N) is 1. The normalized spacial score (nSPS) is 24.9. The zero-order chi connectivity index (χ0) is 18.8. The van der Waals surface area contributed by atoms with E-state index in [0.717, 1.165) is 49.8 Å². The molecule has 0 saturated carbocycles. The average molecular weight is 366 g/mol. The molecule has 1 aromatic heterocycles. The van der Waals surface area contributed by atoms with Gasteiger partial charge in [0, 0.05) is 50.9 Å². The van der Waals surface area contributed by atoms with E-state index >= 15 is 0 Å². The van der Waals surface area contributed by atoms with Crippen molar-refractivity contribution in [1.82, 2.24) is 14.7 Å². The molecule has 142 valence electrons. The molecule has 2 aliphatic heterocycles. The summed E-state index contributed by atoms with van der Waals surface area (Å²) in [4.78, 5) is 7.01. The third-order valence-electron chi connectivity index (χ3n) is 5.70. The summed E-state index contributed by atoms with van der Waals surface area (Å²) in [6.45, 7) is 6.35. The summed E-state index contributed by atoms with van der Waals surface area (Å²) in [6, 6.07) is 13.8. The summed E-state index contributed by atoms with van der Waals surface area (Å²) in [7, 11) is 2.15. The van der Waals surface area contributed by atoms with Gasteiger partial charge in [0.25, 0.3) is 0 Å². The molecule has 2 fully saturated rings. The number of nitriles is 1. The van der Waals surface area contributed by atoms with Crippen molar-refractivity contribution in [1.29, 1.82) is 5.26 Å². The lowest BCUT2D eigenvalue weighted by Gasteiger charge is -2.37. The highest BCUT2D eigenvalue weighted by Crippen LogP contribution is 2.27. The maximum Gasteiger partial charge on any atom is 0.135 e. The first-order chi connectivity index (χ1) is 13.1. The predicted octanol–water partition coefficient (Wildman–Crippen LogP) is 1.61.